The summed E-state index contributed by atoms with van der Waals surface area (Å²) in [5.41, 5.74) is 4.72. The molecule has 0 spiro atoms. The summed E-state index contributed by atoms with van der Waals surface area (Å²) < 4.78 is 36.2. The van der Waals surface area contributed by atoms with Crippen molar-refractivity contribution < 1.29 is 13.2 Å². The Morgan fingerprint density at radius 2 is 1.84 bits per heavy atom. The van der Waals surface area contributed by atoms with Crippen LogP contribution in [0.25, 0.3) is 22.2 Å². The van der Waals surface area contributed by atoms with Crippen LogP contribution in [0.5, 0.6) is 5.75 Å². The minimum atomic E-state index is -3.77. The number of rotatable bonds is 8. The zero-order chi connectivity index (χ0) is 26.9. The fourth-order valence-corrected chi connectivity index (χ4v) is 5.52. The molecule has 0 aliphatic rings. The van der Waals surface area contributed by atoms with Gasteiger partial charge in [0.05, 0.1) is 15.6 Å². The molecule has 194 valence electrons. The lowest BCUT2D eigenvalue weighted by Crippen LogP contribution is -2.24. The summed E-state index contributed by atoms with van der Waals surface area (Å²) in [6, 6.07) is 15.7. The number of nitrogens with one attached hydrogen (secondary N) is 1. The lowest BCUT2D eigenvalue weighted by molar-refractivity contribution is 0.308. The third-order valence-electron chi connectivity index (χ3n) is 6.07. The highest BCUT2D eigenvalue weighted by molar-refractivity contribution is 7.89. The molecule has 0 atom stereocenters. The Labute approximate surface area is 230 Å². The first-order valence-electron chi connectivity index (χ1n) is 11.6. The smallest absolute Gasteiger partial charge is 0.240 e. The molecule has 0 fully saturated rings. The Kier molecular flexibility index (Phi) is 7.36. The molecular formula is C27H23Cl2N5O3S. The standard InChI is InChI=1S/C27H23Cl2N5O3S/c1-17-12-22(25-10-11-31-34(25)2)21-4-3-5-26(27(21)33-17)37-16-23-18(13-30-15-24(23)29)14-32-38(35,36)20-8-6-19(28)7-9-20/h3-13,15,32H,14,16H2,1-2H3. The van der Waals surface area contributed by atoms with E-state index < -0.39 is 10.0 Å². The van der Waals surface area contributed by atoms with E-state index in [-0.39, 0.29) is 18.0 Å². The molecule has 0 aliphatic heterocycles. The summed E-state index contributed by atoms with van der Waals surface area (Å²) in [5.74, 6) is 0.579. The van der Waals surface area contributed by atoms with Gasteiger partial charge in [0.15, 0.2) is 0 Å². The number of nitrogens with zero attached hydrogens (tertiary/aromatic N) is 4. The second kappa shape index (κ2) is 10.7. The van der Waals surface area contributed by atoms with Crippen molar-refractivity contribution in [3.63, 3.8) is 0 Å². The molecule has 38 heavy (non-hydrogen) atoms. The lowest BCUT2D eigenvalue weighted by atomic mass is 10.0. The van der Waals surface area contributed by atoms with E-state index in [0.717, 1.165) is 22.3 Å². The average Bonchev–Trinajstić information content (AvgIpc) is 3.32. The van der Waals surface area contributed by atoms with Gasteiger partial charge in [-0.05, 0) is 55.0 Å². The maximum absolute atomic E-state index is 12.8. The average molecular weight is 568 g/mol. The van der Waals surface area contributed by atoms with Crippen LogP contribution < -0.4 is 9.46 Å². The van der Waals surface area contributed by atoms with Crippen LogP contribution in [0.4, 0.5) is 0 Å². The van der Waals surface area contributed by atoms with Gasteiger partial charge in [0.1, 0.15) is 17.9 Å². The summed E-state index contributed by atoms with van der Waals surface area (Å²) in [4.78, 5) is 8.98. The first-order valence-corrected chi connectivity index (χ1v) is 13.8. The van der Waals surface area contributed by atoms with Crippen molar-refractivity contribution >= 4 is 44.1 Å². The topological polar surface area (TPSA) is 99.0 Å². The van der Waals surface area contributed by atoms with Crippen LogP contribution in [0.15, 0.2) is 78.1 Å². The molecule has 0 unspecified atom stereocenters. The summed E-state index contributed by atoms with van der Waals surface area (Å²) in [7, 11) is -1.88. The molecule has 5 aromatic rings. The number of sulfonamides is 1. The van der Waals surface area contributed by atoms with Gasteiger partial charge in [0.25, 0.3) is 0 Å². The van der Waals surface area contributed by atoms with Crippen LogP contribution in [-0.2, 0) is 30.2 Å². The number of halogens is 2. The Balaban J connectivity index is 1.42. The van der Waals surface area contributed by atoms with Crippen LogP contribution >= 0.6 is 23.2 Å². The van der Waals surface area contributed by atoms with Crippen molar-refractivity contribution in [3.05, 3.63) is 100 Å². The number of benzene rings is 2. The van der Waals surface area contributed by atoms with Gasteiger partial charge in [-0.1, -0.05) is 35.3 Å². The molecule has 3 aromatic heterocycles. The van der Waals surface area contributed by atoms with E-state index in [2.05, 4.69) is 14.8 Å². The molecule has 0 saturated carbocycles. The molecule has 0 radical (unpaired) electrons. The fourth-order valence-electron chi connectivity index (χ4n) is 4.15. The van der Waals surface area contributed by atoms with E-state index >= 15 is 0 Å². The molecule has 8 nitrogen and oxygen atoms in total. The third kappa shape index (κ3) is 5.37. The van der Waals surface area contributed by atoms with Gasteiger partial charge < -0.3 is 4.74 Å². The highest BCUT2D eigenvalue weighted by atomic mass is 35.5. The van der Waals surface area contributed by atoms with Gasteiger partial charge in [0, 0.05) is 59.4 Å². The minimum Gasteiger partial charge on any atom is -0.487 e. The lowest BCUT2D eigenvalue weighted by Gasteiger charge is -2.15. The van der Waals surface area contributed by atoms with E-state index in [0.29, 0.717) is 32.4 Å². The Morgan fingerprint density at radius 3 is 2.58 bits per heavy atom. The second-order valence-corrected chi connectivity index (χ2v) is 11.2. The van der Waals surface area contributed by atoms with Gasteiger partial charge in [-0.2, -0.15) is 5.10 Å². The molecular weight excluding hydrogens is 545 g/mol. The van der Waals surface area contributed by atoms with Crippen LogP contribution in [0.3, 0.4) is 0 Å². The Morgan fingerprint density at radius 1 is 1.05 bits per heavy atom. The van der Waals surface area contributed by atoms with Crippen LogP contribution in [0.2, 0.25) is 10.0 Å². The van der Waals surface area contributed by atoms with E-state index in [1.807, 2.05) is 49.0 Å². The van der Waals surface area contributed by atoms with Crippen LogP contribution in [0.1, 0.15) is 16.8 Å². The van der Waals surface area contributed by atoms with Crippen molar-refractivity contribution in [1.82, 2.24) is 24.5 Å². The molecule has 1 N–H and O–H groups in total. The molecule has 11 heteroatoms. The predicted octanol–water partition coefficient (Wildman–Crippen LogP) is 5.70. The molecule has 0 aliphatic carbocycles. The highest BCUT2D eigenvalue weighted by Crippen LogP contribution is 2.33. The third-order valence-corrected chi connectivity index (χ3v) is 8.07. The van der Waals surface area contributed by atoms with E-state index in [9.17, 15) is 8.42 Å². The molecule has 0 saturated heterocycles. The number of hydrogen-bond donors (Lipinski definition) is 1. The van der Waals surface area contributed by atoms with Gasteiger partial charge in [-0.15, -0.1) is 0 Å². The van der Waals surface area contributed by atoms with Gasteiger partial charge in [-0.25, -0.2) is 18.1 Å². The van der Waals surface area contributed by atoms with Gasteiger partial charge in [0.2, 0.25) is 10.0 Å². The van der Waals surface area contributed by atoms with Gasteiger partial charge in [-0.3, -0.25) is 9.67 Å². The number of aryl methyl sites for hydroxylation is 2. The van der Waals surface area contributed by atoms with E-state index in [1.54, 1.807) is 12.4 Å². The number of pyridine rings is 2. The normalized spacial score (nSPS) is 11.7. The number of fused-ring (bicyclic) bond motifs is 1. The number of aromatic nitrogens is 4. The number of para-hydroxylation sites is 1. The zero-order valence-corrected chi connectivity index (χ0v) is 22.8. The quantitative estimate of drug-likeness (QED) is 0.258. The van der Waals surface area contributed by atoms with Crippen molar-refractivity contribution in [1.29, 1.82) is 0 Å². The van der Waals surface area contributed by atoms with Gasteiger partial charge >= 0.3 is 0 Å². The Hall–Kier alpha value is -3.50. The van der Waals surface area contributed by atoms with Crippen LogP contribution in [0, 0.1) is 6.92 Å². The molecule has 3 heterocycles. The first kappa shape index (κ1) is 26.1. The number of hydrogen-bond acceptors (Lipinski definition) is 6. The largest absolute Gasteiger partial charge is 0.487 e. The van der Waals surface area contributed by atoms with Crippen LogP contribution in [-0.4, -0.2) is 28.2 Å². The fraction of sp³-hybridized carbons (Fsp3) is 0.148. The summed E-state index contributed by atoms with van der Waals surface area (Å²) in [6.45, 7) is 2.00. The molecule has 5 rings (SSSR count). The summed E-state index contributed by atoms with van der Waals surface area (Å²) in [5, 5.41) is 6.04. The van der Waals surface area contributed by atoms with E-state index in [4.69, 9.17) is 32.9 Å². The second-order valence-electron chi connectivity index (χ2n) is 8.63. The first-order chi connectivity index (χ1) is 18.2. The molecule has 0 bridgehead atoms. The number of ether oxygens (including phenoxy) is 1. The van der Waals surface area contributed by atoms with Crippen molar-refractivity contribution in [3.8, 4) is 17.0 Å². The molecule has 2 aromatic carbocycles. The van der Waals surface area contributed by atoms with Crippen molar-refractivity contribution in [2.45, 2.75) is 25.0 Å². The maximum Gasteiger partial charge on any atom is 0.240 e. The maximum atomic E-state index is 12.8. The van der Waals surface area contributed by atoms with Crippen molar-refractivity contribution in [2.75, 3.05) is 0 Å². The summed E-state index contributed by atoms with van der Waals surface area (Å²) in [6.07, 6.45) is 4.83. The van der Waals surface area contributed by atoms with E-state index in [1.165, 1.54) is 30.5 Å². The van der Waals surface area contributed by atoms with Crippen molar-refractivity contribution in [2.24, 2.45) is 7.05 Å². The SMILES string of the molecule is Cc1cc(-c2ccnn2C)c2cccc(OCc3c(Cl)cncc3CNS(=O)(=O)c3ccc(Cl)cc3)c2n1. The minimum absolute atomic E-state index is 0.0191. The highest BCUT2D eigenvalue weighted by Gasteiger charge is 2.18. The predicted molar refractivity (Wildman–Crippen MR) is 148 cm³/mol. The molecule has 0 amide bonds. The summed E-state index contributed by atoms with van der Waals surface area (Å²) >= 11 is 12.4. The zero-order valence-electron chi connectivity index (χ0n) is 20.5. The Bertz CT molecular complexity index is 1740. The monoisotopic (exact) mass is 567 g/mol.